The number of hydrogen-bond acceptors (Lipinski definition) is 3. The number of likely N-dealkylation sites (tertiary alicyclic amines) is 1. The van der Waals surface area contributed by atoms with Crippen LogP contribution in [0.25, 0.3) is 0 Å². The van der Waals surface area contributed by atoms with Gasteiger partial charge in [-0.25, -0.2) is 9.37 Å². The van der Waals surface area contributed by atoms with Gasteiger partial charge in [-0.3, -0.25) is 4.79 Å². The van der Waals surface area contributed by atoms with E-state index in [4.69, 9.17) is 0 Å². The van der Waals surface area contributed by atoms with Crippen LogP contribution in [0.5, 0.6) is 0 Å². The Morgan fingerprint density at radius 2 is 2.09 bits per heavy atom. The summed E-state index contributed by atoms with van der Waals surface area (Å²) in [5.41, 5.74) is 1.63. The maximum atomic E-state index is 13.1. The Morgan fingerprint density at radius 1 is 1.32 bits per heavy atom. The molecule has 1 aromatic carbocycles. The molecule has 0 bridgehead atoms. The summed E-state index contributed by atoms with van der Waals surface area (Å²) in [6.07, 6.45) is 5.49. The van der Waals surface area contributed by atoms with Gasteiger partial charge in [0.05, 0.1) is 11.6 Å². The Labute approximate surface area is 133 Å². The van der Waals surface area contributed by atoms with E-state index in [1.54, 1.807) is 24.4 Å². The summed E-state index contributed by atoms with van der Waals surface area (Å²) < 4.78 is 13.1. The molecule has 1 aliphatic heterocycles. The molecular formula is C17H17FN2OS. The molecule has 0 N–H and O–H groups in total. The molecule has 2 heterocycles. The zero-order chi connectivity index (χ0) is 15.5. The normalized spacial score (nSPS) is 17.7. The van der Waals surface area contributed by atoms with Gasteiger partial charge in [-0.15, -0.1) is 11.8 Å². The molecule has 1 aromatic heterocycles. The van der Waals surface area contributed by atoms with E-state index in [0.29, 0.717) is 5.56 Å². The third-order valence-electron chi connectivity index (χ3n) is 3.96. The molecule has 1 amide bonds. The average Bonchev–Trinajstić information content (AvgIpc) is 3.04. The zero-order valence-electron chi connectivity index (χ0n) is 12.3. The Hall–Kier alpha value is -1.88. The highest BCUT2D eigenvalue weighted by atomic mass is 32.2. The molecule has 1 aliphatic rings. The van der Waals surface area contributed by atoms with Crippen LogP contribution in [0, 0.1) is 5.82 Å². The van der Waals surface area contributed by atoms with Gasteiger partial charge < -0.3 is 4.90 Å². The van der Waals surface area contributed by atoms with E-state index in [1.807, 2.05) is 17.2 Å². The predicted octanol–water partition coefficient (Wildman–Crippen LogP) is 3.92. The molecule has 1 atom stereocenters. The van der Waals surface area contributed by atoms with E-state index in [2.05, 4.69) is 4.98 Å². The quantitative estimate of drug-likeness (QED) is 0.805. The van der Waals surface area contributed by atoms with Crippen molar-refractivity contribution < 1.29 is 9.18 Å². The summed E-state index contributed by atoms with van der Waals surface area (Å²) in [5, 5.41) is 0.747. The fourth-order valence-electron chi connectivity index (χ4n) is 2.91. The van der Waals surface area contributed by atoms with Gasteiger partial charge in [-0.2, -0.15) is 0 Å². The SMILES string of the molecule is CSc1ncccc1C(=O)N1CCC[C@H]1c1ccc(F)cc1. The van der Waals surface area contributed by atoms with Gasteiger partial charge in [-0.05, 0) is 48.9 Å². The van der Waals surface area contributed by atoms with Crippen LogP contribution in [0.2, 0.25) is 0 Å². The van der Waals surface area contributed by atoms with Crippen LogP contribution in [0.3, 0.4) is 0 Å². The zero-order valence-corrected chi connectivity index (χ0v) is 13.1. The number of halogens is 1. The number of hydrogen-bond donors (Lipinski definition) is 0. The lowest BCUT2D eigenvalue weighted by Gasteiger charge is -2.25. The summed E-state index contributed by atoms with van der Waals surface area (Å²) in [5.74, 6) is -0.249. The largest absolute Gasteiger partial charge is 0.332 e. The second-order valence-corrected chi connectivity index (χ2v) is 6.06. The van der Waals surface area contributed by atoms with Crippen molar-refractivity contribution in [2.75, 3.05) is 12.8 Å². The van der Waals surface area contributed by atoms with Crippen LogP contribution >= 0.6 is 11.8 Å². The highest BCUT2D eigenvalue weighted by Crippen LogP contribution is 2.34. The first-order chi connectivity index (χ1) is 10.7. The fraction of sp³-hybridized carbons (Fsp3) is 0.294. The number of pyridine rings is 1. The smallest absolute Gasteiger partial charge is 0.257 e. The van der Waals surface area contributed by atoms with Crippen LogP contribution in [0.15, 0.2) is 47.6 Å². The first-order valence-corrected chi connectivity index (χ1v) is 8.48. The van der Waals surface area contributed by atoms with Crippen molar-refractivity contribution in [3.8, 4) is 0 Å². The van der Waals surface area contributed by atoms with Gasteiger partial charge in [0, 0.05) is 12.7 Å². The molecule has 5 heteroatoms. The monoisotopic (exact) mass is 316 g/mol. The third kappa shape index (κ3) is 2.86. The lowest BCUT2D eigenvalue weighted by molar-refractivity contribution is 0.0731. The number of aromatic nitrogens is 1. The molecule has 0 radical (unpaired) electrons. The maximum absolute atomic E-state index is 13.1. The van der Waals surface area contributed by atoms with E-state index in [9.17, 15) is 9.18 Å². The molecular weight excluding hydrogens is 299 g/mol. The Kier molecular flexibility index (Phi) is 4.43. The average molecular weight is 316 g/mol. The number of carbonyl (C=O) groups is 1. The van der Waals surface area contributed by atoms with Gasteiger partial charge in [0.1, 0.15) is 10.8 Å². The molecule has 3 rings (SSSR count). The number of rotatable bonds is 3. The molecule has 22 heavy (non-hydrogen) atoms. The van der Waals surface area contributed by atoms with Crippen molar-refractivity contribution in [3.05, 3.63) is 59.5 Å². The highest BCUT2D eigenvalue weighted by molar-refractivity contribution is 7.98. The van der Waals surface area contributed by atoms with Gasteiger partial charge in [-0.1, -0.05) is 12.1 Å². The summed E-state index contributed by atoms with van der Waals surface area (Å²) in [7, 11) is 0. The highest BCUT2D eigenvalue weighted by Gasteiger charge is 2.31. The molecule has 2 aromatic rings. The lowest BCUT2D eigenvalue weighted by Crippen LogP contribution is -2.31. The van der Waals surface area contributed by atoms with Crippen molar-refractivity contribution in [2.45, 2.75) is 23.9 Å². The van der Waals surface area contributed by atoms with Crippen molar-refractivity contribution >= 4 is 17.7 Å². The number of nitrogens with zero attached hydrogens (tertiary/aromatic N) is 2. The Balaban J connectivity index is 1.89. The second-order valence-electron chi connectivity index (χ2n) is 5.27. The van der Waals surface area contributed by atoms with Gasteiger partial charge in [0.15, 0.2) is 0 Å². The third-order valence-corrected chi connectivity index (χ3v) is 4.68. The topological polar surface area (TPSA) is 33.2 Å². The maximum Gasteiger partial charge on any atom is 0.257 e. The minimum atomic E-state index is -0.253. The first-order valence-electron chi connectivity index (χ1n) is 7.26. The van der Waals surface area contributed by atoms with E-state index >= 15 is 0 Å². The van der Waals surface area contributed by atoms with E-state index in [-0.39, 0.29) is 17.8 Å². The second kappa shape index (κ2) is 6.48. The van der Waals surface area contributed by atoms with Gasteiger partial charge >= 0.3 is 0 Å². The summed E-state index contributed by atoms with van der Waals surface area (Å²) in [6.45, 7) is 0.726. The van der Waals surface area contributed by atoms with Crippen LogP contribution in [-0.2, 0) is 0 Å². The molecule has 0 saturated carbocycles. The van der Waals surface area contributed by atoms with Gasteiger partial charge in [0.2, 0.25) is 0 Å². The van der Waals surface area contributed by atoms with Crippen LogP contribution in [0.1, 0.15) is 34.8 Å². The Bertz CT molecular complexity index is 675. The minimum absolute atomic E-state index is 0.00396. The molecule has 1 fully saturated rings. The molecule has 0 spiro atoms. The van der Waals surface area contributed by atoms with E-state index in [0.717, 1.165) is 30.0 Å². The first kappa shape index (κ1) is 15.0. The molecule has 0 unspecified atom stereocenters. The van der Waals surface area contributed by atoms with E-state index in [1.165, 1.54) is 23.9 Å². The van der Waals surface area contributed by atoms with Crippen molar-refractivity contribution in [3.63, 3.8) is 0 Å². The summed E-state index contributed by atoms with van der Waals surface area (Å²) in [4.78, 5) is 19.0. The van der Waals surface area contributed by atoms with Crippen molar-refractivity contribution in [1.82, 2.24) is 9.88 Å². The lowest BCUT2D eigenvalue weighted by atomic mass is 10.0. The van der Waals surface area contributed by atoms with Crippen LogP contribution < -0.4 is 0 Å². The van der Waals surface area contributed by atoms with Gasteiger partial charge in [0.25, 0.3) is 5.91 Å². The van der Waals surface area contributed by atoms with Crippen LogP contribution in [-0.4, -0.2) is 28.6 Å². The number of thioether (sulfide) groups is 1. The summed E-state index contributed by atoms with van der Waals surface area (Å²) in [6, 6.07) is 10.1. The summed E-state index contributed by atoms with van der Waals surface area (Å²) >= 11 is 1.47. The van der Waals surface area contributed by atoms with Crippen molar-refractivity contribution in [1.29, 1.82) is 0 Å². The standard InChI is InChI=1S/C17H17FN2OS/c1-22-16-14(4-2-10-19-16)17(21)20-11-3-5-15(20)12-6-8-13(18)9-7-12/h2,4,6-10,15H,3,5,11H2,1H3/t15-/m0/s1. The van der Waals surface area contributed by atoms with Crippen molar-refractivity contribution in [2.24, 2.45) is 0 Å². The predicted molar refractivity (Wildman–Crippen MR) is 85.4 cm³/mol. The van der Waals surface area contributed by atoms with Crippen LogP contribution in [0.4, 0.5) is 4.39 Å². The number of carbonyl (C=O) groups excluding carboxylic acids is 1. The minimum Gasteiger partial charge on any atom is -0.332 e. The molecule has 0 aliphatic carbocycles. The Morgan fingerprint density at radius 3 is 2.82 bits per heavy atom. The molecule has 114 valence electrons. The number of amides is 1. The number of benzene rings is 1. The fourth-order valence-corrected chi connectivity index (χ4v) is 3.45. The van der Waals surface area contributed by atoms with E-state index < -0.39 is 0 Å². The molecule has 3 nitrogen and oxygen atoms in total. The molecule has 1 saturated heterocycles.